The first-order chi connectivity index (χ1) is 7.66. The van der Waals surface area contributed by atoms with Crippen LogP contribution >= 0.6 is 0 Å². The normalized spacial score (nSPS) is 24.4. The van der Waals surface area contributed by atoms with Crippen molar-refractivity contribution in [3.63, 3.8) is 0 Å². The van der Waals surface area contributed by atoms with E-state index in [1.165, 1.54) is 18.3 Å². The van der Waals surface area contributed by atoms with Crippen LogP contribution in [0.2, 0.25) is 0 Å². The molecule has 86 valence electrons. The fraction of sp³-hybridized carbons (Fsp3) is 0.455. The SMILES string of the molecule is C[C@@H]1CNC[C@H]1C(=O)Nc1ccc(F)nc1. The molecule has 2 heterocycles. The van der Waals surface area contributed by atoms with Crippen LogP contribution < -0.4 is 10.6 Å². The molecule has 0 aliphatic carbocycles. The molecule has 0 aromatic carbocycles. The molecular formula is C11H14FN3O. The lowest BCUT2D eigenvalue weighted by atomic mass is 9.97. The monoisotopic (exact) mass is 223 g/mol. The highest BCUT2D eigenvalue weighted by atomic mass is 19.1. The van der Waals surface area contributed by atoms with Gasteiger partial charge < -0.3 is 10.6 Å². The van der Waals surface area contributed by atoms with Crippen molar-refractivity contribution in [1.29, 1.82) is 0 Å². The van der Waals surface area contributed by atoms with Gasteiger partial charge in [0.25, 0.3) is 0 Å². The smallest absolute Gasteiger partial charge is 0.229 e. The van der Waals surface area contributed by atoms with E-state index in [0.29, 0.717) is 18.2 Å². The van der Waals surface area contributed by atoms with Gasteiger partial charge in [-0.3, -0.25) is 4.79 Å². The zero-order valence-electron chi connectivity index (χ0n) is 9.03. The van der Waals surface area contributed by atoms with Crippen LogP contribution in [0.3, 0.4) is 0 Å². The van der Waals surface area contributed by atoms with Gasteiger partial charge in [0.05, 0.1) is 17.8 Å². The number of nitrogens with one attached hydrogen (secondary N) is 2. The Bertz CT molecular complexity index is 379. The van der Waals surface area contributed by atoms with Gasteiger partial charge in [-0.1, -0.05) is 6.92 Å². The topological polar surface area (TPSA) is 54.0 Å². The molecule has 1 aromatic rings. The Hall–Kier alpha value is -1.49. The second kappa shape index (κ2) is 4.57. The standard InChI is InChI=1S/C11H14FN3O/c1-7-4-13-6-9(7)11(16)15-8-2-3-10(12)14-5-8/h2-3,5,7,9,13H,4,6H2,1H3,(H,15,16)/t7-,9-/m1/s1. The van der Waals surface area contributed by atoms with Gasteiger partial charge in [0.1, 0.15) is 0 Å². The molecule has 0 spiro atoms. The number of aromatic nitrogens is 1. The van der Waals surface area contributed by atoms with E-state index in [2.05, 4.69) is 15.6 Å². The summed E-state index contributed by atoms with van der Waals surface area (Å²) >= 11 is 0. The number of hydrogen-bond acceptors (Lipinski definition) is 3. The first kappa shape index (κ1) is 11.0. The van der Waals surface area contributed by atoms with E-state index >= 15 is 0 Å². The van der Waals surface area contributed by atoms with E-state index in [9.17, 15) is 9.18 Å². The largest absolute Gasteiger partial charge is 0.324 e. The van der Waals surface area contributed by atoms with Gasteiger partial charge in [-0.2, -0.15) is 4.39 Å². The Morgan fingerprint density at radius 2 is 2.38 bits per heavy atom. The van der Waals surface area contributed by atoms with E-state index < -0.39 is 5.95 Å². The molecule has 1 amide bonds. The van der Waals surface area contributed by atoms with E-state index in [1.807, 2.05) is 6.92 Å². The summed E-state index contributed by atoms with van der Waals surface area (Å²) in [6, 6.07) is 2.74. The van der Waals surface area contributed by atoms with Crippen LogP contribution in [-0.2, 0) is 4.79 Å². The van der Waals surface area contributed by atoms with Gasteiger partial charge >= 0.3 is 0 Å². The van der Waals surface area contributed by atoms with Crippen LogP contribution in [0.1, 0.15) is 6.92 Å². The van der Waals surface area contributed by atoms with Crippen LogP contribution in [0.5, 0.6) is 0 Å². The van der Waals surface area contributed by atoms with Crippen molar-refractivity contribution in [3.8, 4) is 0 Å². The molecule has 1 aliphatic rings. The maximum Gasteiger partial charge on any atom is 0.229 e. The Morgan fingerprint density at radius 1 is 1.56 bits per heavy atom. The summed E-state index contributed by atoms with van der Waals surface area (Å²) < 4.78 is 12.6. The second-order valence-corrected chi connectivity index (χ2v) is 4.10. The summed E-state index contributed by atoms with van der Waals surface area (Å²) in [4.78, 5) is 15.3. The van der Waals surface area contributed by atoms with Crippen molar-refractivity contribution in [2.45, 2.75) is 6.92 Å². The number of amides is 1. The Kier molecular flexibility index (Phi) is 3.14. The number of anilines is 1. The zero-order chi connectivity index (χ0) is 11.5. The molecule has 2 N–H and O–H groups in total. The molecule has 1 aliphatic heterocycles. The van der Waals surface area contributed by atoms with Gasteiger partial charge in [-0.15, -0.1) is 0 Å². The lowest BCUT2D eigenvalue weighted by Gasteiger charge is -2.13. The molecule has 16 heavy (non-hydrogen) atoms. The molecule has 0 radical (unpaired) electrons. The summed E-state index contributed by atoms with van der Waals surface area (Å²) in [5, 5.41) is 5.89. The lowest BCUT2D eigenvalue weighted by Crippen LogP contribution is -2.27. The predicted molar refractivity (Wildman–Crippen MR) is 58.3 cm³/mol. The maximum absolute atomic E-state index is 12.6. The molecule has 4 nitrogen and oxygen atoms in total. The predicted octanol–water partition coefficient (Wildman–Crippen LogP) is 1.01. The number of rotatable bonds is 2. The molecule has 2 atom stereocenters. The summed E-state index contributed by atoms with van der Waals surface area (Å²) in [5.74, 6) is -0.279. The Labute approximate surface area is 93.3 Å². The van der Waals surface area contributed by atoms with Gasteiger partial charge in [0, 0.05) is 6.54 Å². The molecule has 1 aromatic heterocycles. The number of halogens is 1. The Balaban J connectivity index is 1.99. The van der Waals surface area contributed by atoms with E-state index in [-0.39, 0.29) is 11.8 Å². The molecule has 0 saturated carbocycles. The first-order valence-electron chi connectivity index (χ1n) is 5.30. The molecular weight excluding hydrogens is 209 g/mol. The van der Waals surface area contributed by atoms with Gasteiger partial charge in [0.15, 0.2) is 0 Å². The first-order valence-corrected chi connectivity index (χ1v) is 5.30. The summed E-state index contributed by atoms with van der Waals surface area (Å²) in [6.07, 6.45) is 1.32. The number of pyridine rings is 1. The molecule has 0 unspecified atom stereocenters. The van der Waals surface area contributed by atoms with Crippen molar-refractivity contribution in [2.24, 2.45) is 11.8 Å². The summed E-state index contributed by atoms with van der Waals surface area (Å²) in [6.45, 7) is 3.59. The van der Waals surface area contributed by atoms with E-state index in [1.54, 1.807) is 0 Å². The van der Waals surface area contributed by atoms with Crippen LogP contribution in [0.15, 0.2) is 18.3 Å². The van der Waals surface area contributed by atoms with Crippen LogP contribution in [0, 0.1) is 17.8 Å². The molecule has 2 rings (SSSR count). The molecule has 5 heteroatoms. The highest BCUT2D eigenvalue weighted by Gasteiger charge is 2.29. The van der Waals surface area contributed by atoms with Crippen LogP contribution in [0.4, 0.5) is 10.1 Å². The van der Waals surface area contributed by atoms with Gasteiger partial charge in [0.2, 0.25) is 11.9 Å². The van der Waals surface area contributed by atoms with Gasteiger partial charge in [-0.25, -0.2) is 4.98 Å². The minimum atomic E-state index is -0.547. The van der Waals surface area contributed by atoms with Crippen molar-refractivity contribution < 1.29 is 9.18 Å². The van der Waals surface area contributed by atoms with E-state index in [0.717, 1.165) is 6.54 Å². The van der Waals surface area contributed by atoms with Gasteiger partial charge in [-0.05, 0) is 24.6 Å². The minimum absolute atomic E-state index is 0.0231. The lowest BCUT2D eigenvalue weighted by molar-refractivity contribution is -0.120. The maximum atomic E-state index is 12.6. The van der Waals surface area contributed by atoms with Crippen molar-refractivity contribution >= 4 is 11.6 Å². The second-order valence-electron chi connectivity index (χ2n) is 4.10. The zero-order valence-corrected chi connectivity index (χ0v) is 9.03. The van der Waals surface area contributed by atoms with Crippen molar-refractivity contribution in [3.05, 3.63) is 24.3 Å². The summed E-state index contributed by atoms with van der Waals surface area (Å²) in [7, 11) is 0. The average molecular weight is 223 g/mol. The number of carbonyl (C=O) groups is 1. The number of hydrogen-bond donors (Lipinski definition) is 2. The van der Waals surface area contributed by atoms with Crippen LogP contribution in [-0.4, -0.2) is 24.0 Å². The van der Waals surface area contributed by atoms with E-state index in [4.69, 9.17) is 0 Å². The average Bonchev–Trinajstić information content (AvgIpc) is 2.68. The number of nitrogens with zero attached hydrogens (tertiary/aromatic N) is 1. The van der Waals surface area contributed by atoms with Crippen LogP contribution in [0.25, 0.3) is 0 Å². The number of carbonyl (C=O) groups excluding carboxylic acids is 1. The highest BCUT2D eigenvalue weighted by Crippen LogP contribution is 2.18. The quantitative estimate of drug-likeness (QED) is 0.736. The Morgan fingerprint density at radius 3 is 2.94 bits per heavy atom. The third-order valence-corrected chi connectivity index (χ3v) is 2.85. The molecule has 0 bridgehead atoms. The third kappa shape index (κ3) is 2.36. The molecule has 1 saturated heterocycles. The fourth-order valence-electron chi connectivity index (χ4n) is 1.85. The third-order valence-electron chi connectivity index (χ3n) is 2.85. The fourth-order valence-corrected chi connectivity index (χ4v) is 1.85. The minimum Gasteiger partial charge on any atom is -0.324 e. The van der Waals surface area contributed by atoms with Crippen molar-refractivity contribution in [2.75, 3.05) is 18.4 Å². The van der Waals surface area contributed by atoms with Crippen molar-refractivity contribution in [1.82, 2.24) is 10.3 Å². The highest BCUT2D eigenvalue weighted by molar-refractivity contribution is 5.92. The molecule has 1 fully saturated rings. The summed E-state index contributed by atoms with van der Waals surface area (Å²) in [5.41, 5.74) is 0.533.